The molecule has 1 aliphatic carbocycles. The molecule has 0 unspecified atom stereocenters. The van der Waals surface area contributed by atoms with Crippen LogP contribution in [0.4, 0.5) is 26.7 Å². The van der Waals surface area contributed by atoms with E-state index in [1.165, 1.54) is 6.26 Å². The van der Waals surface area contributed by atoms with Gasteiger partial charge in [-0.15, -0.1) is 0 Å². The number of nitrogens with zero attached hydrogens (tertiary/aromatic N) is 3. The van der Waals surface area contributed by atoms with Gasteiger partial charge in [-0.1, -0.05) is 25.1 Å². The van der Waals surface area contributed by atoms with Crippen LogP contribution in [0.25, 0.3) is 11.1 Å². The van der Waals surface area contributed by atoms with Crippen molar-refractivity contribution in [2.75, 3.05) is 6.54 Å². The first kappa shape index (κ1) is 27.8. The Balaban J connectivity index is 1.39. The number of benzene rings is 1. The van der Waals surface area contributed by atoms with Crippen molar-refractivity contribution in [3.05, 3.63) is 47.2 Å². The fourth-order valence-electron chi connectivity index (χ4n) is 5.17. The molecule has 1 aliphatic heterocycles. The summed E-state index contributed by atoms with van der Waals surface area (Å²) in [5.41, 5.74) is 1.88. The minimum absolute atomic E-state index is 0.0503. The highest BCUT2D eigenvalue weighted by Gasteiger charge is 2.47. The van der Waals surface area contributed by atoms with Crippen LogP contribution < -0.4 is 10.6 Å². The van der Waals surface area contributed by atoms with Gasteiger partial charge in [0.2, 0.25) is 11.8 Å². The number of nitrogens with one attached hydrogen (secondary N) is 2. The predicted molar refractivity (Wildman–Crippen MR) is 130 cm³/mol. The smallest absolute Gasteiger partial charge is 0.410 e. The molecule has 2 aliphatic rings. The summed E-state index contributed by atoms with van der Waals surface area (Å²) in [6.07, 6.45) is -3.60. The number of fused-ring (bicyclic) bond motifs is 1. The van der Waals surface area contributed by atoms with Gasteiger partial charge in [0, 0.05) is 24.9 Å². The van der Waals surface area contributed by atoms with Crippen molar-refractivity contribution < 1.29 is 40.5 Å². The SMILES string of the molecule is CC(C)c1conc1C(=O)N[C@H](c1nc2cc(CN3C[C@@H](C(F)(F)F)NC3=O)ccc2o1)C1CCC(F)(F)CC1. The standard InChI is InChI=1S/C26H28F5N5O4/c1-13(2)16-12-39-35-21(16)22(37)34-20(15-5-7-25(27,28)8-6-15)23-32-17-9-14(3-4-18(17)40-23)10-36-11-19(26(29,30)31)33-24(36)38/h3-4,9,12-13,15,19-20H,5-8,10-11H2,1-2H3,(H,33,38)(H,34,37)/t19-,20-/m0/s1. The summed E-state index contributed by atoms with van der Waals surface area (Å²) < 4.78 is 77.9. The molecule has 0 radical (unpaired) electrons. The van der Waals surface area contributed by atoms with E-state index < -0.39 is 48.6 Å². The molecule has 0 spiro atoms. The third-order valence-corrected chi connectivity index (χ3v) is 7.44. The van der Waals surface area contributed by atoms with Gasteiger partial charge >= 0.3 is 12.2 Å². The molecule has 2 aromatic heterocycles. The lowest BCUT2D eigenvalue weighted by Gasteiger charge is -2.32. The van der Waals surface area contributed by atoms with E-state index in [0.717, 1.165) is 4.90 Å². The average Bonchev–Trinajstić information content (AvgIpc) is 3.61. The Bertz CT molecular complexity index is 1390. The number of hydrogen-bond donors (Lipinski definition) is 2. The normalized spacial score (nSPS) is 20.8. The topological polar surface area (TPSA) is 114 Å². The van der Waals surface area contributed by atoms with Gasteiger partial charge in [0.05, 0.1) is 6.54 Å². The van der Waals surface area contributed by atoms with Crippen LogP contribution in [0.2, 0.25) is 0 Å². The highest BCUT2D eigenvalue weighted by Crippen LogP contribution is 2.42. The monoisotopic (exact) mass is 569 g/mol. The zero-order valence-electron chi connectivity index (χ0n) is 21.7. The van der Waals surface area contributed by atoms with Crippen LogP contribution in [0.15, 0.2) is 33.4 Å². The minimum atomic E-state index is -4.56. The number of carbonyl (C=O) groups excluding carboxylic acids is 2. The number of halogens is 5. The summed E-state index contributed by atoms with van der Waals surface area (Å²) in [6.45, 7) is 3.14. The largest absolute Gasteiger partial charge is 0.438 e. The lowest BCUT2D eigenvalue weighted by molar-refractivity contribution is -0.149. The van der Waals surface area contributed by atoms with E-state index in [2.05, 4.69) is 15.5 Å². The number of hydrogen-bond acceptors (Lipinski definition) is 6. The van der Waals surface area contributed by atoms with Crippen molar-refractivity contribution in [2.45, 2.75) is 76.2 Å². The van der Waals surface area contributed by atoms with Crippen molar-refractivity contribution >= 4 is 23.0 Å². The van der Waals surface area contributed by atoms with Crippen LogP contribution >= 0.6 is 0 Å². The van der Waals surface area contributed by atoms with E-state index >= 15 is 0 Å². The fraction of sp³-hybridized carbons (Fsp3) is 0.538. The fourth-order valence-corrected chi connectivity index (χ4v) is 5.17. The van der Waals surface area contributed by atoms with Crippen molar-refractivity contribution in [3.63, 3.8) is 0 Å². The Morgan fingerprint density at radius 1 is 1.25 bits per heavy atom. The van der Waals surface area contributed by atoms with Gasteiger partial charge in [0.15, 0.2) is 11.3 Å². The molecule has 3 heterocycles. The number of amides is 3. The van der Waals surface area contributed by atoms with Gasteiger partial charge in [-0.2, -0.15) is 13.2 Å². The Morgan fingerprint density at radius 3 is 2.62 bits per heavy atom. The lowest BCUT2D eigenvalue weighted by atomic mass is 9.82. The number of aromatic nitrogens is 2. The van der Waals surface area contributed by atoms with E-state index in [1.54, 1.807) is 18.2 Å². The van der Waals surface area contributed by atoms with Crippen LogP contribution in [-0.2, 0) is 6.54 Å². The van der Waals surface area contributed by atoms with Gasteiger partial charge in [0.25, 0.3) is 5.91 Å². The van der Waals surface area contributed by atoms with Crippen LogP contribution in [0.3, 0.4) is 0 Å². The van der Waals surface area contributed by atoms with E-state index in [-0.39, 0.29) is 49.7 Å². The predicted octanol–water partition coefficient (Wildman–Crippen LogP) is 5.69. The summed E-state index contributed by atoms with van der Waals surface area (Å²) in [4.78, 5) is 30.8. The maximum Gasteiger partial charge on any atom is 0.410 e. The van der Waals surface area contributed by atoms with Gasteiger partial charge < -0.3 is 24.5 Å². The third kappa shape index (κ3) is 5.75. The number of carbonyl (C=O) groups is 2. The van der Waals surface area contributed by atoms with Crippen LogP contribution in [-0.4, -0.2) is 51.7 Å². The first-order valence-electron chi connectivity index (χ1n) is 13.0. The van der Waals surface area contributed by atoms with E-state index in [0.29, 0.717) is 22.2 Å². The molecule has 1 aromatic carbocycles. The molecule has 14 heteroatoms. The molecule has 1 saturated carbocycles. The Hall–Kier alpha value is -3.71. The highest BCUT2D eigenvalue weighted by atomic mass is 19.4. The van der Waals surface area contributed by atoms with Crippen molar-refractivity contribution in [2.24, 2.45) is 5.92 Å². The second kappa shape index (κ2) is 10.4. The molecule has 9 nitrogen and oxygen atoms in total. The van der Waals surface area contributed by atoms with Crippen molar-refractivity contribution in [1.82, 2.24) is 25.7 Å². The summed E-state index contributed by atoms with van der Waals surface area (Å²) in [5, 5.41) is 8.60. The quantitative estimate of drug-likeness (QED) is 0.354. The Kier molecular flexibility index (Phi) is 7.21. The number of rotatable bonds is 7. The molecule has 2 fully saturated rings. The maximum atomic E-state index is 13.9. The van der Waals surface area contributed by atoms with Crippen molar-refractivity contribution in [1.29, 1.82) is 0 Å². The number of alkyl halides is 5. The average molecular weight is 570 g/mol. The van der Waals surface area contributed by atoms with Crippen LogP contribution in [0.5, 0.6) is 0 Å². The zero-order chi connectivity index (χ0) is 28.8. The summed E-state index contributed by atoms with van der Waals surface area (Å²) in [7, 11) is 0. The van der Waals surface area contributed by atoms with E-state index in [4.69, 9.17) is 8.94 Å². The second-order valence-electron chi connectivity index (χ2n) is 10.7. The Labute approximate surface area is 225 Å². The molecular formula is C26H28F5N5O4. The van der Waals surface area contributed by atoms with Gasteiger partial charge in [0.1, 0.15) is 23.9 Å². The maximum absolute atomic E-state index is 13.9. The Morgan fingerprint density at radius 2 is 1.98 bits per heavy atom. The number of oxazole rings is 1. The summed E-state index contributed by atoms with van der Waals surface area (Å²) >= 11 is 0. The van der Waals surface area contributed by atoms with Gasteiger partial charge in [-0.05, 0) is 42.4 Å². The van der Waals surface area contributed by atoms with Crippen molar-refractivity contribution in [3.8, 4) is 0 Å². The molecule has 3 amide bonds. The lowest BCUT2D eigenvalue weighted by Crippen LogP contribution is -2.40. The zero-order valence-corrected chi connectivity index (χ0v) is 21.7. The minimum Gasteiger partial charge on any atom is -0.438 e. The molecule has 1 saturated heterocycles. The molecule has 2 N–H and O–H groups in total. The molecule has 40 heavy (non-hydrogen) atoms. The first-order chi connectivity index (χ1) is 18.8. The second-order valence-corrected chi connectivity index (χ2v) is 10.7. The molecule has 2 atom stereocenters. The first-order valence-corrected chi connectivity index (χ1v) is 13.0. The van der Waals surface area contributed by atoms with E-state index in [9.17, 15) is 31.5 Å². The third-order valence-electron chi connectivity index (χ3n) is 7.44. The molecule has 5 rings (SSSR count). The van der Waals surface area contributed by atoms with Crippen LogP contribution in [0.1, 0.15) is 79.0 Å². The number of urea groups is 1. The molecule has 3 aromatic rings. The van der Waals surface area contributed by atoms with E-state index in [1.807, 2.05) is 19.2 Å². The molecule has 216 valence electrons. The van der Waals surface area contributed by atoms with Gasteiger partial charge in [-0.3, -0.25) is 4.79 Å². The highest BCUT2D eigenvalue weighted by molar-refractivity contribution is 5.94. The molecular weight excluding hydrogens is 541 g/mol. The summed E-state index contributed by atoms with van der Waals surface area (Å²) in [5.74, 6) is -3.67. The summed E-state index contributed by atoms with van der Waals surface area (Å²) in [6, 6.07) is 1.14. The van der Waals surface area contributed by atoms with Crippen LogP contribution in [0, 0.1) is 5.92 Å². The van der Waals surface area contributed by atoms with Gasteiger partial charge in [-0.25, -0.2) is 18.6 Å². The molecule has 0 bridgehead atoms.